The van der Waals surface area contributed by atoms with Gasteiger partial charge in [0.05, 0.1) is 18.2 Å². The Morgan fingerprint density at radius 2 is 2.20 bits per heavy atom. The fraction of sp³-hybridized carbons (Fsp3) is 0.364. The molecular weight excluding hydrogens is 197 g/mol. The van der Waals surface area contributed by atoms with E-state index in [1.54, 1.807) is 14.0 Å². The van der Waals surface area contributed by atoms with Crippen molar-refractivity contribution in [2.24, 2.45) is 0 Å². The lowest BCUT2D eigenvalue weighted by atomic mass is 10.2. The van der Waals surface area contributed by atoms with E-state index in [0.29, 0.717) is 12.4 Å². The molecule has 1 unspecified atom stereocenters. The first kappa shape index (κ1) is 11.5. The summed E-state index contributed by atoms with van der Waals surface area (Å²) in [6.45, 7) is 2.22. The molecule has 1 aromatic carbocycles. The highest BCUT2D eigenvalue weighted by atomic mass is 19.1. The number of methoxy groups -OCH3 is 1. The van der Waals surface area contributed by atoms with E-state index in [9.17, 15) is 4.39 Å². The summed E-state index contributed by atoms with van der Waals surface area (Å²) in [6, 6.07) is 5.76. The topological polar surface area (TPSA) is 42.2 Å². The molecule has 4 heteroatoms. The third kappa shape index (κ3) is 3.56. The molecule has 1 aromatic rings. The molecule has 0 aliphatic carbocycles. The van der Waals surface area contributed by atoms with Crippen molar-refractivity contribution in [1.29, 1.82) is 5.26 Å². The van der Waals surface area contributed by atoms with Crippen molar-refractivity contribution in [3.63, 3.8) is 0 Å². The molecule has 0 amide bonds. The summed E-state index contributed by atoms with van der Waals surface area (Å²) in [5, 5.41) is 8.63. The second-order valence-corrected chi connectivity index (χ2v) is 3.17. The van der Waals surface area contributed by atoms with E-state index in [-0.39, 0.29) is 11.7 Å². The predicted octanol–water partition coefficient (Wildman–Crippen LogP) is 2.11. The molecular formula is C11H12FNO2. The van der Waals surface area contributed by atoms with E-state index in [0.717, 1.165) is 6.07 Å². The van der Waals surface area contributed by atoms with E-state index in [4.69, 9.17) is 14.7 Å². The number of halogens is 1. The van der Waals surface area contributed by atoms with Gasteiger partial charge < -0.3 is 9.47 Å². The van der Waals surface area contributed by atoms with Crippen molar-refractivity contribution in [2.45, 2.75) is 13.0 Å². The quantitative estimate of drug-likeness (QED) is 0.762. The van der Waals surface area contributed by atoms with Gasteiger partial charge in [0.25, 0.3) is 0 Å². The smallest absolute Gasteiger partial charge is 0.128 e. The molecule has 1 atom stereocenters. The fourth-order valence-corrected chi connectivity index (χ4v) is 1.20. The molecule has 3 nitrogen and oxygen atoms in total. The number of rotatable bonds is 4. The van der Waals surface area contributed by atoms with Crippen LogP contribution in [-0.2, 0) is 4.74 Å². The van der Waals surface area contributed by atoms with Crippen molar-refractivity contribution in [3.8, 4) is 11.8 Å². The Morgan fingerprint density at radius 3 is 2.80 bits per heavy atom. The molecule has 0 spiro atoms. The monoisotopic (exact) mass is 209 g/mol. The molecule has 0 heterocycles. The van der Waals surface area contributed by atoms with Crippen molar-refractivity contribution >= 4 is 0 Å². The van der Waals surface area contributed by atoms with Crippen molar-refractivity contribution in [1.82, 2.24) is 0 Å². The lowest BCUT2D eigenvalue weighted by Crippen LogP contribution is -2.18. The molecule has 0 fully saturated rings. The van der Waals surface area contributed by atoms with Gasteiger partial charge in [-0.3, -0.25) is 0 Å². The number of nitrogens with zero attached hydrogens (tertiary/aromatic N) is 1. The Balaban J connectivity index is 2.77. The molecule has 0 radical (unpaired) electrons. The Morgan fingerprint density at radius 1 is 1.47 bits per heavy atom. The summed E-state index contributed by atoms with van der Waals surface area (Å²) >= 11 is 0. The zero-order chi connectivity index (χ0) is 11.3. The summed E-state index contributed by atoms with van der Waals surface area (Å²) in [5.74, 6) is -0.134. The van der Waals surface area contributed by atoms with Crippen LogP contribution in [-0.4, -0.2) is 19.8 Å². The van der Waals surface area contributed by atoms with Gasteiger partial charge >= 0.3 is 0 Å². The van der Waals surface area contributed by atoms with Crippen LogP contribution in [0.3, 0.4) is 0 Å². The van der Waals surface area contributed by atoms with Gasteiger partial charge in [-0.2, -0.15) is 5.26 Å². The first-order valence-electron chi connectivity index (χ1n) is 4.52. The normalized spacial score (nSPS) is 11.9. The number of ether oxygens (including phenoxy) is 2. The van der Waals surface area contributed by atoms with Gasteiger partial charge in [0.15, 0.2) is 0 Å². The molecule has 80 valence electrons. The zero-order valence-electron chi connectivity index (χ0n) is 8.66. The molecule has 15 heavy (non-hydrogen) atoms. The lowest BCUT2D eigenvalue weighted by molar-refractivity contribution is 0.0918. The maximum atomic E-state index is 13.0. The second kappa shape index (κ2) is 5.32. The summed E-state index contributed by atoms with van der Waals surface area (Å²) in [7, 11) is 1.56. The van der Waals surface area contributed by atoms with Crippen molar-refractivity contribution < 1.29 is 13.9 Å². The van der Waals surface area contributed by atoms with Crippen molar-refractivity contribution in [3.05, 3.63) is 29.6 Å². The van der Waals surface area contributed by atoms with Crippen LogP contribution in [0.1, 0.15) is 12.5 Å². The minimum absolute atomic E-state index is 0.177. The molecule has 0 saturated carbocycles. The maximum absolute atomic E-state index is 13.0. The Kier molecular flexibility index (Phi) is 4.07. The summed E-state index contributed by atoms with van der Waals surface area (Å²) in [5.41, 5.74) is 0.245. The van der Waals surface area contributed by atoms with Crippen LogP contribution in [0, 0.1) is 17.1 Å². The van der Waals surface area contributed by atoms with Crippen LogP contribution in [0.15, 0.2) is 18.2 Å². The van der Waals surface area contributed by atoms with Crippen LogP contribution < -0.4 is 4.74 Å². The SMILES string of the molecule is COCC(C)Oc1cc(F)cc(C#N)c1. The Labute approximate surface area is 88.0 Å². The van der Waals surface area contributed by atoms with Crippen molar-refractivity contribution in [2.75, 3.05) is 13.7 Å². The molecule has 0 N–H and O–H groups in total. The van der Waals surface area contributed by atoms with Crippen LogP contribution in [0.25, 0.3) is 0 Å². The Bertz CT molecular complexity index is 373. The highest BCUT2D eigenvalue weighted by Crippen LogP contribution is 2.17. The highest BCUT2D eigenvalue weighted by Gasteiger charge is 2.06. The van der Waals surface area contributed by atoms with Gasteiger partial charge in [0.2, 0.25) is 0 Å². The molecule has 0 aromatic heterocycles. The van der Waals surface area contributed by atoms with Gasteiger partial charge in [-0.15, -0.1) is 0 Å². The molecule has 0 aliphatic heterocycles. The van der Waals surface area contributed by atoms with Gasteiger partial charge in [0, 0.05) is 13.2 Å². The lowest BCUT2D eigenvalue weighted by Gasteiger charge is -2.13. The van der Waals surface area contributed by atoms with Crippen LogP contribution >= 0.6 is 0 Å². The van der Waals surface area contributed by atoms with Gasteiger partial charge in [-0.05, 0) is 19.1 Å². The summed E-state index contributed by atoms with van der Waals surface area (Å²) in [6.07, 6.45) is -0.177. The molecule has 0 saturated heterocycles. The van der Waals surface area contributed by atoms with E-state index in [1.165, 1.54) is 12.1 Å². The first-order valence-corrected chi connectivity index (χ1v) is 4.52. The third-order valence-electron chi connectivity index (χ3n) is 1.74. The fourth-order valence-electron chi connectivity index (χ4n) is 1.20. The number of hydrogen-bond acceptors (Lipinski definition) is 3. The number of benzene rings is 1. The molecule has 0 bridgehead atoms. The molecule has 1 rings (SSSR count). The predicted molar refractivity (Wildman–Crippen MR) is 53.1 cm³/mol. The number of hydrogen-bond donors (Lipinski definition) is 0. The summed E-state index contributed by atoms with van der Waals surface area (Å²) in [4.78, 5) is 0. The first-order chi connectivity index (χ1) is 7.15. The van der Waals surface area contributed by atoms with Crippen LogP contribution in [0.2, 0.25) is 0 Å². The van der Waals surface area contributed by atoms with Gasteiger partial charge in [-0.1, -0.05) is 0 Å². The Hall–Kier alpha value is -1.60. The van der Waals surface area contributed by atoms with Gasteiger partial charge in [-0.25, -0.2) is 4.39 Å². The highest BCUT2D eigenvalue weighted by molar-refractivity contribution is 5.37. The third-order valence-corrected chi connectivity index (χ3v) is 1.74. The van der Waals surface area contributed by atoms with E-state index < -0.39 is 5.82 Å². The standard InChI is InChI=1S/C11H12FNO2/c1-8(7-14-2)15-11-4-9(6-13)3-10(12)5-11/h3-5,8H,7H2,1-2H3. The average molecular weight is 209 g/mol. The van der Waals surface area contributed by atoms with E-state index in [2.05, 4.69) is 0 Å². The number of nitriles is 1. The average Bonchev–Trinajstić information content (AvgIpc) is 2.17. The van der Waals surface area contributed by atoms with Gasteiger partial charge in [0.1, 0.15) is 17.7 Å². The molecule has 0 aliphatic rings. The zero-order valence-corrected chi connectivity index (χ0v) is 8.66. The van der Waals surface area contributed by atoms with Crippen LogP contribution in [0.5, 0.6) is 5.75 Å². The summed E-state index contributed by atoms with van der Waals surface area (Å²) < 4.78 is 23.2. The second-order valence-electron chi connectivity index (χ2n) is 3.17. The minimum atomic E-state index is -0.478. The van der Waals surface area contributed by atoms with E-state index in [1.807, 2.05) is 6.07 Å². The maximum Gasteiger partial charge on any atom is 0.128 e. The van der Waals surface area contributed by atoms with E-state index >= 15 is 0 Å². The minimum Gasteiger partial charge on any atom is -0.488 e. The largest absolute Gasteiger partial charge is 0.488 e. The van der Waals surface area contributed by atoms with Crippen LogP contribution in [0.4, 0.5) is 4.39 Å².